The van der Waals surface area contributed by atoms with Gasteiger partial charge in [0.05, 0.1) is 5.52 Å². The molecule has 0 fully saturated rings. The number of hydrogen-bond acceptors (Lipinski definition) is 5. The van der Waals surface area contributed by atoms with Gasteiger partial charge < -0.3 is 15.4 Å². The van der Waals surface area contributed by atoms with E-state index in [-0.39, 0.29) is 0 Å². The van der Waals surface area contributed by atoms with Gasteiger partial charge in [0, 0.05) is 31.7 Å². The predicted octanol–water partition coefficient (Wildman–Crippen LogP) is 3.29. The first-order valence-electron chi connectivity index (χ1n) is 7.67. The summed E-state index contributed by atoms with van der Waals surface area (Å²) in [7, 11) is 0. The number of fused-ring (bicyclic) bond motifs is 1. The number of nitrogens with zero attached hydrogens (tertiary/aromatic N) is 2. The van der Waals surface area contributed by atoms with Gasteiger partial charge >= 0.3 is 0 Å². The first-order valence-corrected chi connectivity index (χ1v) is 7.67. The number of nitrogens with one attached hydrogen (secondary N) is 2. The zero-order valence-corrected chi connectivity index (χ0v) is 12.9. The Balaban J connectivity index is 2.03. The molecule has 0 aliphatic carbocycles. The van der Waals surface area contributed by atoms with Crippen LogP contribution in [0.25, 0.3) is 10.9 Å². The van der Waals surface area contributed by atoms with Crippen molar-refractivity contribution in [3.8, 4) is 0 Å². The normalized spacial score (nSPS) is 10.8. The van der Waals surface area contributed by atoms with Crippen LogP contribution in [0.2, 0.25) is 0 Å². The maximum Gasteiger partial charge on any atom is 0.225 e. The zero-order valence-electron chi connectivity index (χ0n) is 12.9. The van der Waals surface area contributed by atoms with E-state index in [2.05, 4.69) is 27.5 Å². The lowest BCUT2D eigenvalue weighted by Gasteiger charge is -2.11. The highest BCUT2D eigenvalue weighted by Crippen LogP contribution is 2.21. The fourth-order valence-corrected chi connectivity index (χ4v) is 2.08. The van der Waals surface area contributed by atoms with Gasteiger partial charge in [0.15, 0.2) is 0 Å². The molecule has 5 nitrogen and oxygen atoms in total. The number of benzene rings is 1. The molecule has 0 amide bonds. The van der Waals surface area contributed by atoms with Gasteiger partial charge in [-0.1, -0.05) is 19.1 Å². The molecule has 0 saturated heterocycles. The molecule has 1 heterocycles. The third kappa shape index (κ3) is 4.56. The summed E-state index contributed by atoms with van der Waals surface area (Å²) >= 11 is 0. The summed E-state index contributed by atoms with van der Waals surface area (Å²) in [4.78, 5) is 9.06. The maximum atomic E-state index is 5.49. The van der Waals surface area contributed by atoms with Crippen LogP contribution in [-0.2, 0) is 4.74 Å². The Morgan fingerprint density at radius 3 is 2.71 bits per heavy atom. The zero-order chi connectivity index (χ0) is 14.9. The van der Waals surface area contributed by atoms with Crippen molar-refractivity contribution in [2.75, 3.05) is 36.9 Å². The van der Waals surface area contributed by atoms with Gasteiger partial charge in [-0.15, -0.1) is 0 Å². The minimum Gasteiger partial charge on any atom is -0.381 e. The van der Waals surface area contributed by atoms with Gasteiger partial charge in [-0.25, -0.2) is 4.98 Å². The molecule has 2 aromatic rings. The van der Waals surface area contributed by atoms with Gasteiger partial charge in [-0.2, -0.15) is 4.98 Å². The summed E-state index contributed by atoms with van der Waals surface area (Å²) in [5.41, 5.74) is 0.952. The van der Waals surface area contributed by atoms with Crippen LogP contribution in [0, 0.1) is 0 Å². The van der Waals surface area contributed by atoms with Crippen molar-refractivity contribution in [3.63, 3.8) is 0 Å². The lowest BCUT2D eigenvalue weighted by atomic mass is 10.2. The molecule has 2 N–H and O–H groups in total. The maximum absolute atomic E-state index is 5.49. The van der Waals surface area contributed by atoms with Crippen LogP contribution in [-0.4, -0.2) is 36.3 Å². The van der Waals surface area contributed by atoms with Crippen molar-refractivity contribution in [1.82, 2.24) is 9.97 Å². The second kappa shape index (κ2) is 8.42. The molecule has 0 radical (unpaired) electrons. The van der Waals surface area contributed by atoms with E-state index in [9.17, 15) is 0 Å². The lowest BCUT2D eigenvalue weighted by molar-refractivity contribution is 0.134. The molecule has 0 saturated carbocycles. The van der Waals surface area contributed by atoms with Crippen molar-refractivity contribution in [2.24, 2.45) is 0 Å². The molecule has 1 aromatic carbocycles. The summed E-state index contributed by atoms with van der Waals surface area (Å²) in [5.74, 6) is 1.55. The molecule has 114 valence electrons. The summed E-state index contributed by atoms with van der Waals surface area (Å²) in [5, 5.41) is 7.61. The summed E-state index contributed by atoms with van der Waals surface area (Å²) in [6, 6.07) is 8.05. The molecule has 2 rings (SSSR count). The highest BCUT2D eigenvalue weighted by Gasteiger charge is 2.06. The van der Waals surface area contributed by atoms with Crippen LogP contribution in [0.1, 0.15) is 26.7 Å². The Hall–Kier alpha value is -1.88. The molecular weight excluding hydrogens is 264 g/mol. The molecule has 0 spiro atoms. The van der Waals surface area contributed by atoms with E-state index in [1.54, 1.807) is 0 Å². The largest absolute Gasteiger partial charge is 0.381 e. The number of aromatic nitrogens is 2. The Bertz CT molecular complexity index is 559. The second-order valence-electron chi connectivity index (χ2n) is 4.84. The van der Waals surface area contributed by atoms with E-state index in [4.69, 9.17) is 4.74 Å². The third-order valence-corrected chi connectivity index (χ3v) is 3.04. The quantitative estimate of drug-likeness (QED) is 0.693. The molecule has 1 aromatic heterocycles. The van der Waals surface area contributed by atoms with E-state index in [1.807, 2.05) is 31.2 Å². The summed E-state index contributed by atoms with van der Waals surface area (Å²) in [6.45, 7) is 7.42. The molecule has 0 aliphatic rings. The molecule has 5 heteroatoms. The average Bonchev–Trinajstić information content (AvgIpc) is 2.51. The minimum absolute atomic E-state index is 0.668. The number of rotatable bonds is 9. The van der Waals surface area contributed by atoms with Crippen LogP contribution in [0.3, 0.4) is 0 Å². The second-order valence-corrected chi connectivity index (χ2v) is 4.84. The van der Waals surface area contributed by atoms with Crippen molar-refractivity contribution in [2.45, 2.75) is 26.7 Å². The van der Waals surface area contributed by atoms with Gasteiger partial charge in [0.25, 0.3) is 0 Å². The van der Waals surface area contributed by atoms with Crippen molar-refractivity contribution >= 4 is 22.7 Å². The third-order valence-electron chi connectivity index (χ3n) is 3.04. The van der Waals surface area contributed by atoms with E-state index in [1.165, 1.54) is 0 Å². The predicted molar refractivity (Wildman–Crippen MR) is 87.9 cm³/mol. The smallest absolute Gasteiger partial charge is 0.225 e. The minimum atomic E-state index is 0.668. The van der Waals surface area contributed by atoms with Crippen LogP contribution < -0.4 is 10.6 Å². The number of anilines is 2. The van der Waals surface area contributed by atoms with Crippen LogP contribution >= 0.6 is 0 Å². The van der Waals surface area contributed by atoms with Crippen LogP contribution in [0.4, 0.5) is 11.8 Å². The Labute approximate surface area is 126 Å². The van der Waals surface area contributed by atoms with E-state index >= 15 is 0 Å². The van der Waals surface area contributed by atoms with Crippen molar-refractivity contribution in [3.05, 3.63) is 24.3 Å². The van der Waals surface area contributed by atoms with E-state index in [0.717, 1.165) is 55.9 Å². The first kappa shape index (κ1) is 15.5. The van der Waals surface area contributed by atoms with Crippen molar-refractivity contribution < 1.29 is 4.74 Å². The SMILES string of the molecule is CCCOCCCNc1nc(NCC)nc2ccccc12. The Morgan fingerprint density at radius 1 is 1.05 bits per heavy atom. The van der Waals surface area contributed by atoms with E-state index < -0.39 is 0 Å². The molecule has 21 heavy (non-hydrogen) atoms. The van der Waals surface area contributed by atoms with Gasteiger partial charge in [-0.3, -0.25) is 0 Å². The average molecular weight is 288 g/mol. The number of hydrogen-bond donors (Lipinski definition) is 2. The number of ether oxygens (including phenoxy) is 1. The monoisotopic (exact) mass is 288 g/mol. The van der Waals surface area contributed by atoms with Crippen LogP contribution in [0.15, 0.2) is 24.3 Å². The fraction of sp³-hybridized carbons (Fsp3) is 0.500. The van der Waals surface area contributed by atoms with Gasteiger partial charge in [0.2, 0.25) is 5.95 Å². The van der Waals surface area contributed by atoms with Gasteiger partial charge in [-0.05, 0) is 31.9 Å². The summed E-state index contributed by atoms with van der Waals surface area (Å²) < 4.78 is 5.49. The molecule has 0 unspecified atom stereocenters. The standard InChI is InChI=1S/C16H24N4O/c1-3-11-21-12-7-10-18-15-13-8-5-6-9-14(13)19-16(20-15)17-4-2/h5-6,8-9H,3-4,7,10-12H2,1-2H3,(H2,17,18,19,20). The number of para-hydroxylation sites is 1. The lowest BCUT2D eigenvalue weighted by Crippen LogP contribution is -2.10. The van der Waals surface area contributed by atoms with Crippen molar-refractivity contribution in [1.29, 1.82) is 0 Å². The Kier molecular flexibility index (Phi) is 6.22. The fourth-order valence-electron chi connectivity index (χ4n) is 2.08. The van der Waals surface area contributed by atoms with Gasteiger partial charge in [0.1, 0.15) is 5.82 Å². The molecular formula is C16H24N4O. The summed E-state index contributed by atoms with van der Waals surface area (Å²) in [6.07, 6.45) is 2.03. The molecule has 0 atom stereocenters. The molecule has 0 bridgehead atoms. The topological polar surface area (TPSA) is 59.1 Å². The highest BCUT2D eigenvalue weighted by molar-refractivity contribution is 5.89. The molecule has 0 aliphatic heterocycles. The Morgan fingerprint density at radius 2 is 1.90 bits per heavy atom. The first-order chi connectivity index (χ1) is 10.3. The van der Waals surface area contributed by atoms with Crippen LogP contribution in [0.5, 0.6) is 0 Å². The highest BCUT2D eigenvalue weighted by atomic mass is 16.5. The van der Waals surface area contributed by atoms with E-state index in [0.29, 0.717) is 5.95 Å².